The van der Waals surface area contributed by atoms with Crippen LogP contribution in [0.1, 0.15) is 19.7 Å². The van der Waals surface area contributed by atoms with Crippen LogP contribution >= 0.6 is 11.5 Å². The van der Waals surface area contributed by atoms with Crippen molar-refractivity contribution in [3.63, 3.8) is 0 Å². The maximum Gasteiger partial charge on any atom is 0.200 e. The Hall–Kier alpha value is -0.680. The summed E-state index contributed by atoms with van der Waals surface area (Å²) < 4.78 is 9.24. The third-order valence-corrected chi connectivity index (χ3v) is 1.61. The highest BCUT2D eigenvalue weighted by Crippen LogP contribution is 2.06. The highest BCUT2D eigenvalue weighted by molar-refractivity contribution is 7.09. The van der Waals surface area contributed by atoms with Gasteiger partial charge < -0.3 is 10.5 Å². The number of hydrogen-bond donors (Lipinski definition) is 1. The van der Waals surface area contributed by atoms with Crippen LogP contribution < -0.4 is 5.73 Å². The van der Waals surface area contributed by atoms with Gasteiger partial charge in [0, 0.05) is 11.5 Å². The van der Waals surface area contributed by atoms with Crippen molar-refractivity contribution in [2.45, 2.75) is 26.6 Å². The molecule has 4 nitrogen and oxygen atoms in total. The zero-order valence-electron chi connectivity index (χ0n) is 6.57. The second-order valence-electron chi connectivity index (χ2n) is 2.41. The van der Waals surface area contributed by atoms with Crippen LogP contribution in [0.2, 0.25) is 0 Å². The van der Waals surface area contributed by atoms with E-state index >= 15 is 0 Å². The molecule has 1 aromatic rings. The van der Waals surface area contributed by atoms with Crippen LogP contribution in [0.15, 0.2) is 0 Å². The fourth-order valence-corrected chi connectivity index (χ4v) is 1.01. The summed E-state index contributed by atoms with van der Waals surface area (Å²) in [6.07, 6.45) is 0.208. The second-order valence-corrected chi connectivity index (χ2v) is 3.19. The quantitative estimate of drug-likeness (QED) is 0.742. The number of ether oxygens (including phenoxy) is 1. The number of hydrogen-bond acceptors (Lipinski definition) is 5. The van der Waals surface area contributed by atoms with E-state index in [0.29, 0.717) is 17.6 Å². The molecular formula is C6H11N3OS. The number of aromatic nitrogens is 2. The standard InChI is InChI=1S/C6H11N3OS/c1-4(2)10-3-5-8-6(7)11-9-5/h4H,3H2,1-2H3,(H2,7,8,9). The molecule has 11 heavy (non-hydrogen) atoms. The zero-order valence-corrected chi connectivity index (χ0v) is 7.39. The smallest absolute Gasteiger partial charge is 0.200 e. The molecule has 2 N–H and O–H groups in total. The van der Waals surface area contributed by atoms with Crippen molar-refractivity contribution in [1.82, 2.24) is 9.36 Å². The van der Waals surface area contributed by atoms with Crippen LogP contribution in [0.5, 0.6) is 0 Å². The first-order valence-electron chi connectivity index (χ1n) is 3.38. The van der Waals surface area contributed by atoms with Crippen molar-refractivity contribution < 1.29 is 4.74 Å². The molecule has 1 aromatic heterocycles. The molecule has 5 heteroatoms. The van der Waals surface area contributed by atoms with Gasteiger partial charge in [0.05, 0.1) is 6.10 Å². The zero-order chi connectivity index (χ0) is 8.27. The van der Waals surface area contributed by atoms with Gasteiger partial charge in [-0.1, -0.05) is 0 Å². The van der Waals surface area contributed by atoms with Crippen molar-refractivity contribution in [3.05, 3.63) is 5.82 Å². The van der Waals surface area contributed by atoms with E-state index in [4.69, 9.17) is 10.5 Å². The number of rotatable bonds is 3. The molecule has 0 bridgehead atoms. The molecule has 0 spiro atoms. The van der Waals surface area contributed by atoms with Crippen LogP contribution in [-0.2, 0) is 11.3 Å². The van der Waals surface area contributed by atoms with E-state index in [1.54, 1.807) is 0 Å². The Bertz CT molecular complexity index is 223. The minimum atomic E-state index is 0.208. The van der Waals surface area contributed by atoms with E-state index in [1.165, 1.54) is 11.5 Å². The van der Waals surface area contributed by atoms with Gasteiger partial charge in [0.15, 0.2) is 11.0 Å². The lowest BCUT2D eigenvalue weighted by molar-refractivity contribution is 0.0619. The summed E-state index contributed by atoms with van der Waals surface area (Å²) in [5.74, 6) is 0.668. The third kappa shape index (κ3) is 2.81. The monoisotopic (exact) mass is 173 g/mol. The molecule has 0 amide bonds. The van der Waals surface area contributed by atoms with Gasteiger partial charge in [-0.2, -0.15) is 4.37 Å². The predicted molar refractivity (Wildman–Crippen MR) is 44.2 cm³/mol. The lowest BCUT2D eigenvalue weighted by Gasteiger charge is -2.02. The van der Waals surface area contributed by atoms with Crippen molar-refractivity contribution in [2.75, 3.05) is 5.73 Å². The van der Waals surface area contributed by atoms with Gasteiger partial charge in [0.2, 0.25) is 0 Å². The average Bonchev–Trinajstić information content (AvgIpc) is 2.31. The normalized spacial score (nSPS) is 10.8. The van der Waals surface area contributed by atoms with Crippen molar-refractivity contribution in [1.29, 1.82) is 0 Å². The minimum Gasteiger partial charge on any atom is -0.374 e. The Kier molecular flexibility index (Phi) is 2.78. The van der Waals surface area contributed by atoms with Gasteiger partial charge in [-0.25, -0.2) is 4.98 Å². The van der Waals surface area contributed by atoms with Gasteiger partial charge >= 0.3 is 0 Å². The molecule has 0 aliphatic rings. The lowest BCUT2D eigenvalue weighted by atomic mass is 10.5. The summed E-state index contributed by atoms with van der Waals surface area (Å²) in [5, 5.41) is 0.493. The van der Waals surface area contributed by atoms with Gasteiger partial charge in [-0.05, 0) is 13.8 Å². The fraction of sp³-hybridized carbons (Fsp3) is 0.667. The largest absolute Gasteiger partial charge is 0.374 e. The van der Waals surface area contributed by atoms with E-state index in [2.05, 4.69) is 9.36 Å². The first-order valence-corrected chi connectivity index (χ1v) is 4.15. The Labute approximate surface area is 69.6 Å². The van der Waals surface area contributed by atoms with Crippen LogP contribution in [-0.4, -0.2) is 15.5 Å². The maximum absolute atomic E-state index is 5.37. The maximum atomic E-state index is 5.37. The number of nitrogen functional groups attached to an aromatic ring is 1. The summed E-state index contributed by atoms with van der Waals surface area (Å²) in [7, 11) is 0. The Morgan fingerprint density at radius 3 is 2.82 bits per heavy atom. The molecule has 0 aliphatic carbocycles. The molecule has 0 atom stereocenters. The van der Waals surface area contributed by atoms with Crippen LogP contribution in [0.25, 0.3) is 0 Å². The molecule has 62 valence electrons. The summed E-state index contributed by atoms with van der Waals surface area (Å²) >= 11 is 1.19. The molecule has 0 aromatic carbocycles. The molecule has 0 fully saturated rings. The highest BCUT2D eigenvalue weighted by atomic mass is 32.1. The molecule has 0 radical (unpaired) electrons. The Morgan fingerprint density at radius 2 is 2.36 bits per heavy atom. The van der Waals surface area contributed by atoms with Gasteiger partial charge in [0.25, 0.3) is 0 Å². The minimum absolute atomic E-state index is 0.208. The number of anilines is 1. The van der Waals surface area contributed by atoms with Crippen molar-refractivity contribution >= 4 is 16.7 Å². The highest BCUT2D eigenvalue weighted by Gasteiger charge is 2.01. The van der Waals surface area contributed by atoms with Crippen LogP contribution in [0.3, 0.4) is 0 Å². The first kappa shape index (κ1) is 8.42. The Morgan fingerprint density at radius 1 is 1.64 bits per heavy atom. The van der Waals surface area contributed by atoms with E-state index in [1.807, 2.05) is 13.8 Å². The number of nitrogens with two attached hydrogens (primary N) is 1. The van der Waals surface area contributed by atoms with E-state index in [-0.39, 0.29) is 6.10 Å². The van der Waals surface area contributed by atoms with Crippen molar-refractivity contribution in [2.24, 2.45) is 0 Å². The molecule has 0 aliphatic heterocycles. The average molecular weight is 173 g/mol. The molecule has 1 rings (SSSR count). The van der Waals surface area contributed by atoms with Crippen LogP contribution in [0, 0.1) is 0 Å². The molecular weight excluding hydrogens is 162 g/mol. The van der Waals surface area contributed by atoms with Gasteiger partial charge in [0.1, 0.15) is 6.61 Å². The summed E-state index contributed by atoms with van der Waals surface area (Å²) in [6, 6.07) is 0. The van der Waals surface area contributed by atoms with Crippen LogP contribution in [0.4, 0.5) is 5.13 Å². The Balaban J connectivity index is 2.39. The van der Waals surface area contributed by atoms with E-state index in [9.17, 15) is 0 Å². The molecule has 0 saturated heterocycles. The lowest BCUT2D eigenvalue weighted by Crippen LogP contribution is -2.03. The molecule has 0 unspecified atom stereocenters. The SMILES string of the molecule is CC(C)OCc1nsc(N)n1. The summed E-state index contributed by atoms with van der Waals surface area (Å²) in [5.41, 5.74) is 5.37. The van der Waals surface area contributed by atoms with Crippen molar-refractivity contribution in [3.8, 4) is 0 Å². The fourth-order valence-electron chi connectivity index (χ4n) is 0.567. The topological polar surface area (TPSA) is 61.0 Å². The predicted octanol–water partition coefficient (Wildman–Crippen LogP) is 1.05. The van der Waals surface area contributed by atoms with E-state index < -0.39 is 0 Å². The van der Waals surface area contributed by atoms with Gasteiger partial charge in [-0.15, -0.1) is 0 Å². The second kappa shape index (κ2) is 3.64. The third-order valence-electron chi connectivity index (χ3n) is 1.03. The summed E-state index contributed by atoms with van der Waals surface area (Å²) in [4.78, 5) is 3.94. The molecule has 1 heterocycles. The summed E-state index contributed by atoms with van der Waals surface area (Å²) in [6.45, 7) is 4.39. The van der Waals surface area contributed by atoms with E-state index in [0.717, 1.165) is 0 Å². The molecule has 0 saturated carbocycles. The van der Waals surface area contributed by atoms with Gasteiger partial charge in [-0.3, -0.25) is 0 Å². The number of nitrogens with zero attached hydrogens (tertiary/aromatic N) is 2. The first-order chi connectivity index (χ1) is 5.18.